The molecule has 0 aromatic heterocycles. The summed E-state index contributed by atoms with van der Waals surface area (Å²) in [6.45, 7) is 0.883. The molecular weight excluding hydrogens is 158 g/mol. The van der Waals surface area contributed by atoms with Crippen molar-refractivity contribution >= 4 is 12.4 Å². The second-order valence-corrected chi connectivity index (χ2v) is 3.08. The summed E-state index contributed by atoms with van der Waals surface area (Å²) in [4.78, 5) is 0. The van der Waals surface area contributed by atoms with Crippen LogP contribution in [0.4, 0.5) is 0 Å². The van der Waals surface area contributed by atoms with Crippen LogP contribution in [-0.4, -0.2) is 6.54 Å². The maximum Gasteiger partial charge on any atom is -0.00488 e. The fourth-order valence-electron chi connectivity index (χ4n) is 1.47. The highest BCUT2D eigenvalue weighted by Gasteiger charge is 2.05. The Balaban J connectivity index is 0.000001000. The zero-order valence-corrected chi connectivity index (χ0v) is 7.78. The largest absolute Gasteiger partial charge is 0.330 e. The Morgan fingerprint density at radius 1 is 1.18 bits per heavy atom. The lowest BCUT2D eigenvalue weighted by Gasteiger charge is -2.14. The minimum atomic E-state index is 0. The summed E-state index contributed by atoms with van der Waals surface area (Å²) in [5.74, 6) is 0.796. The van der Waals surface area contributed by atoms with Crippen LogP contribution in [-0.2, 0) is 0 Å². The molecule has 1 atom stereocenters. The van der Waals surface area contributed by atoms with Gasteiger partial charge in [-0.2, -0.15) is 0 Å². The Morgan fingerprint density at radius 3 is 2.64 bits per heavy atom. The van der Waals surface area contributed by atoms with Gasteiger partial charge in [-0.05, 0) is 44.6 Å². The van der Waals surface area contributed by atoms with E-state index in [1.807, 2.05) is 0 Å². The summed E-state index contributed by atoms with van der Waals surface area (Å²) in [5.41, 5.74) is 5.60. The number of hydrogen-bond acceptors (Lipinski definition) is 1. The average Bonchev–Trinajstić information content (AvgIpc) is 1.87. The first-order valence-corrected chi connectivity index (χ1v) is 4.28. The van der Waals surface area contributed by atoms with Crippen molar-refractivity contribution in [2.24, 2.45) is 11.7 Å². The second-order valence-electron chi connectivity index (χ2n) is 3.08. The maximum atomic E-state index is 5.60. The molecule has 66 valence electrons. The summed E-state index contributed by atoms with van der Waals surface area (Å²) in [6.07, 6.45) is 11.1. The third kappa shape index (κ3) is 4.44. The molecule has 1 aliphatic rings. The van der Waals surface area contributed by atoms with E-state index in [1.54, 1.807) is 0 Å². The van der Waals surface area contributed by atoms with Crippen molar-refractivity contribution in [1.82, 2.24) is 0 Å². The van der Waals surface area contributed by atoms with E-state index in [1.165, 1.54) is 32.1 Å². The van der Waals surface area contributed by atoms with Gasteiger partial charge in [0.1, 0.15) is 0 Å². The van der Waals surface area contributed by atoms with E-state index in [-0.39, 0.29) is 12.4 Å². The van der Waals surface area contributed by atoms with Crippen LogP contribution >= 0.6 is 12.4 Å². The van der Waals surface area contributed by atoms with E-state index in [4.69, 9.17) is 5.73 Å². The predicted molar refractivity (Wildman–Crippen MR) is 52.0 cm³/mol. The van der Waals surface area contributed by atoms with Gasteiger partial charge in [-0.25, -0.2) is 0 Å². The Morgan fingerprint density at radius 2 is 1.91 bits per heavy atom. The van der Waals surface area contributed by atoms with Crippen LogP contribution in [0.3, 0.4) is 0 Å². The highest BCUT2D eigenvalue weighted by Crippen LogP contribution is 2.16. The molecule has 2 N–H and O–H groups in total. The highest BCUT2D eigenvalue weighted by molar-refractivity contribution is 5.85. The van der Waals surface area contributed by atoms with Crippen LogP contribution in [0, 0.1) is 5.92 Å². The number of rotatable bonds is 1. The smallest absolute Gasteiger partial charge is 0.00488 e. The van der Waals surface area contributed by atoms with Crippen molar-refractivity contribution in [3.8, 4) is 0 Å². The SMILES string of the molecule is Cl.NCC1CC/C=C\CCC1. The van der Waals surface area contributed by atoms with Crippen molar-refractivity contribution in [3.63, 3.8) is 0 Å². The van der Waals surface area contributed by atoms with E-state index >= 15 is 0 Å². The second kappa shape index (κ2) is 6.68. The quantitative estimate of drug-likeness (QED) is 0.609. The fraction of sp³-hybridized carbons (Fsp3) is 0.778. The number of allylic oxidation sites excluding steroid dienone is 2. The normalized spacial score (nSPS) is 27.9. The molecule has 0 heterocycles. The zero-order valence-electron chi connectivity index (χ0n) is 6.96. The molecule has 11 heavy (non-hydrogen) atoms. The maximum absolute atomic E-state index is 5.60. The van der Waals surface area contributed by atoms with E-state index < -0.39 is 0 Å². The molecule has 0 amide bonds. The number of nitrogens with two attached hydrogens (primary N) is 1. The summed E-state index contributed by atoms with van der Waals surface area (Å²) in [6, 6.07) is 0. The van der Waals surface area contributed by atoms with Gasteiger partial charge in [0.2, 0.25) is 0 Å². The Bertz CT molecular complexity index is 112. The van der Waals surface area contributed by atoms with Crippen LogP contribution in [0.25, 0.3) is 0 Å². The minimum absolute atomic E-state index is 0. The monoisotopic (exact) mass is 175 g/mol. The Hall–Kier alpha value is -0.0100. The van der Waals surface area contributed by atoms with Crippen LogP contribution in [0.15, 0.2) is 12.2 Å². The third-order valence-corrected chi connectivity index (χ3v) is 2.22. The Labute approximate surface area is 75.5 Å². The van der Waals surface area contributed by atoms with E-state index in [0.29, 0.717) is 0 Å². The van der Waals surface area contributed by atoms with Gasteiger partial charge in [0.05, 0.1) is 0 Å². The summed E-state index contributed by atoms with van der Waals surface area (Å²) >= 11 is 0. The molecule has 0 aliphatic heterocycles. The highest BCUT2D eigenvalue weighted by atomic mass is 35.5. The van der Waals surface area contributed by atoms with Gasteiger partial charge in [-0.15, -0.1) is 12.4 Å². The van der Waals surface area contributed by atoms with Gasteiger partial charge < -0.3 is 5.73 Å². The zero-order chi connectivity index (χ0) is 7.23. The molecule has 1 unspecified atom stereocenters. The van der Waals surface area contributed by atoms with Crippen LogP contribution in [0.1, 0.15) is 32.1 Å². The topological polar surface area (TPSA) is 26.0 Å². The molecule has 0 aromatic rings. The molecule has 0 aromatic carbocycles. The molecule has 1 aliphatic carbocycles. The van der Waals surface area contributed by atoms with Crippen molar-refractivity contribution < 1.29 is 0 Å². The van der Waals surface area contributed by atoms with Crippen molar-refractivity contribution in [1.29, 1.82) is 0 Å². The molecule has 0 bridgehead atoms. The van der Waals surface area contributed by atoms with Gasteiger partial charge >= 0.3 is 0 Å². The van der Waals surface area contributed by atoms with E-state index in [2.05, 4.69) is 12.2 Å². The fourth-order valence-corrected chi connectivity index (χ4v) is 1.47. The van der Waals surface area contributed by atoms with Gasteiger partial charge in [0, 0.05) is 0 Å². The molecule has 1 nitrogen and oxygen atoms in total. The molecule has 0 fully saturated rings. The predicted octanol–water partition coefficient (Wildman–Crippen LogP) is 2.50. The van der Waals surface area contributed by atoms with Crippen LogP contribution < -0.4 is 5.73 Å². The van der Waals surface area contributed by atoms with Crippen molar-refractivity contribution in [3.05, 3.63) is 12.2 Å². The average molecular weight is 176 g/mol. The molecular formula is C9H18ClN. The molecule has 1 rings (SSSR count). The van der Waals surface area contributed by atoms with Crippen molar-refractivity contribution in [2.75, 3.05) is 6.54 Å². The lowest BCUT2D eigenvalue weighted by molar-refractivity contribution is 0.445. The van der Waals surface area contributed by atoms with Crippen LogP contribution in [0.5, 0.6) is 0 Å². The minimum Gasteiger partial charge on any atom is -0.330 e. The summed E-state index contributed by atoms with van der Waals surface area (Å²) < 4.78 is 0. The molecule has 0 saturated heterocycles. The van der Waals surface area contributed by atoms with E-state index in [9.17, 15) is 0 Å². The lowest BCUT2D eigenvalue weighted by atomic mass is 9.94. The first-order valence-electron chi connectivity index (χ1n) is 4.28. The molecule has 0 saturated carbocycles. The summed E-state index contributed by atoms with van der Waals surface area (Å²) in [5, 5.41) is 0. The molecule has 0 spiro atoms. The lowest BCUT2D eigenvalue weighted by Crippen LogP contribution is -2.14. The van der Waals surface area contributed by atoms with Crippen LogP contribution in [0.2, 0.25) is 0 Å². The molecule has 2 heteroatoms. The number of halogens is 1. The molecule has 0 radical (unpaired) electrons. The van der Waals surface area contributed by atoms with Gasteiger partial charge in [0.15, 0.2) is 0 Å². The standard InChI is InChI=1S/C9H17N.ClH/c10-8-9-6-4-2-1-3-5-7-9;/h1-2,9H,3-8,10H2;1H/b2-1-;. The van der Waals surface area contributed by atoms with Gasteiger partial charge in [-0.1, -0.05) is 12.2 Å². The van der Waals surface area contributed by atoms with Gasteiger partial charge in [-0.3, -0.25) is 0 Å². The van der Waals surface area contributed by atoms with Crippen molar-refractivity contribution in [2.45, 2.75) is 32.1 Å². The van der Waals surface area contributed by atoms with E-state index in [0.717, 1.165) is 12.5 Å². The number of hydrogen-bond donors (Lipinski definition) is 1. The first-order chi connectivity index (χ1) is 4.93. The Kier molecular flexibility index (Phi) is 6.68. The van der Waals surface area contributed by atoms with Gasteiger partial charge in [0.25, 0.3) is 0 Å². The summed E-state index contributed by atoms with van der Waals surface area (Å²) in [7, 11) is 0. The first kappa shape index (κ1) is 11.0. The third-order valence-electron chi connectivity index (χ3n) is 2.22.